The molecule has 1 saturated heterocycles. The minimum Gasteiger partial charge on any atom is -0.354 e. The third kappa shape index (κ3) is 5.65. The Bertz CT molecular complexity index is 744. The lowest BCUT2D eigenvalue weighted by molar-refractivity contribution is -0.0225. The van der Waals surface area contributed by atoms with E-state index in [4.69, 9.17) is 4.74 Å². The molecule has 0 aliphatic carbocycles. The fourth-order valence-corrected chi connectivity index (χ4v) is 3.50. The maximum absolute atomic E-state index is 13.5. The van der Waals surface area contributed by atoms with Crippen molar-refractivity contribution < 1.29 is 13.5 Å². The molecule has 0 saturated carbocycles. The molecule has 5 nitrogen and oxygen atoms in total. The molecule has 0 bridgehead atoms. The van der Waals surface area contributed by atoms with Gasteiger partial charge in [0, 0.05) is 36.0 Å². The van der Waals surface area contributed by atoms with Crippen molar-refractivity contribution in [3.63, 3.8) is 0 Å². The van der Waals surface area contributed by atoms with Crippen molar-refractivity contribution in [1.82, 2.24) is 14.8 Å². The normalized spacial score (nSPS) is 16.9. The van der Waals surface area contributed by atoms with Gasteiger partial charge in [0.25, 0.3) is 5.92 Å². The highest BCUT2D eigenvalue weighted by atomic mass is 79.9. The van der Waals surface area contributed by atoms with E-state index in [1.54, 1.807) is 4.68 Å². The number of aromatic nitrogens is 3. The number of rotatable bonds is 7. The third-order valence-electron chi connectivity index (χ3n) is 4.38. The van der Waals surface area contributed by atoms with Crippen LogP contribution in [0.1, 0.15) is 12.8 Å². The summed E-state index contributed by atoms with van der Waals surface area (Å²) < 4.78 is 35.5. The van der Waals surface area contributed by atoms with Crippen LogP contribution in [0.2, 0.25) is 0 Å². The number of benzene rings is 1. The van der Waals surface area contributed by atoms with Crippen molar-refractivity contribution in [3.8, 4) is 11.4 Å². The predicted octanol–water partition coefficient (Wildman–Crippen LogP) is 3.80. The van der Waals surface area contributed by atoms with Crippen molar-refractivity contribution in [2.45, 2.75) is 25.5 Å². The van der Waals surface area contributed by atoms with Gasteiger partial charge in [-0.2, -0.15) is 4.98 Å². The van der Waals surface area contributed by atoms with Crippen LogP contribution in [-0.2, 0) is 22.4 Å². The summed E-state index contributed by atoms with van der Waals surface area (Å²) in [6.07, 6.45) is 4.01. The lowest BCUT2D eigenvalue weighted by Crippen LogP contribution is -2.40. The van der Waals surface area contributed by atoms with Gasteiger partial charge in [-0.15, -0.1) is 5.10 Å². The molecule has 0 N–H and O–H groups in total. The van der Waals surface area contributed by atoms with Gasteiger partial charge in [-0.3, -0.25) is 0 Å². The summed E-state index contributed by atoms with van der Waals surface area (Å²) in [4.78, 5) is 6.51. The van der Waals surface area contributed by atoms with Crippen LogP contribution in [-0.4, -0.2) is 58.6 Å². The molecule has 0 atom stereocenters. The molecule has 0 unspecified atom stereocenters. The van der Waals surface area contributed by atoms with Crippen molar-refractivity contribution in [3.05, 3.63) is 28.7 Å². The van der Waals surface area contributed by atoms with Crippen molar-refractivity contribution >= 4 is 32.8 Å². The van der Waals surface area contributed by atoms with E-state index >= 15 is 0 Å². The average Bonchev–Trinajstić information content (AvgIpc) is 3.03. The second-order valence-electron chi connectivity index (χ2n) is 6.81. The van der Waals surface area contributed by atoms with E-state index in [1.807, 2.05) is 29.2 Å². The molecule has 27 heavy (non-hydrogen) atoms. The molecule has 0 radical (unpaired) electrons. The topological polar surface area (TPSA) is 43.2 Å². The van der Waals surface area contributed by atoms with Crippen LogP contribution >= 0.6 is 15.9 Å². The van der Waals surface area contributed by atoms with Crippen LogP contribution in [0.25, 0.3) is 11.4 Å². The summed E-state index contributed by atoms with van der Waals surface area (Å²) in [6, 6.07) is 7.71. The van der Waals surface area contributed by atoms with Gasteiger partial charge in [-0.05, 0) is 23.0 Å². The van der Waals surface area contributed by atoms with Gasteiger partial charge >= 0.3 is 0 Å². The van der Waals surface area contributed by atoms with Gasteiger partial charge < -0.3 is 9.64 Å². The first-order chi connectivity index (χ1) is 12.8. The molecule has 1 aromatic carbocycles. The Kier molecular flexibility index (Phi) is 6.75. The van der Waals surface area contributed by atoms with Gasteiger partial charge in [-0.25, -0.2) is 13.5 Å². The zero-order chi connectivity index (χ0) is 19.4. The second-order valence-corrected chi connectivity index (χ2v) is 10.1. The standard InChI is InChI=1S/C18H24BrF2N4OS/c1-27(2)12-11-26-13-25-17(24-9-7-18(20,21)8-10-24)22-16(23-25)14-3-5-15(19)6-4-14/h3-6H,7-13H2,1-2H3/q+1. The molecule has 0 spiro atoms. The minimum absolute atomic E-state index is 0.164. The van der Waals surface area contributed by atoms with E-state index in [2.05, 4.69) is 38.5 Å². The summed E-state index contributed by atoms with van der Waals surface area (Å²) >= 11 is 3.42. The first-order valence-electron chi connectivity index (χ1n) is 8.79. The third-order valence-corrected chi connectivity index (χ3v) is 5.89. The van der Waals surface area contributed by atoms with Crippen molar-refractivity contribution in [2.24, 2.45) is 0 Å². The van der Waals surface area contributed by atoms with E-state index in [0.717, 1.165) is 15.8 Å². The summed E-state index contributed by atoms with van der Waals surface area (Å²) in [6.45, 7) is 1.43. The van der Waals surface area contributed by atoms with Gasteiger partial charge in [0.05, 0.1) is 19.1 Å². The van der Waals surface area contributed by atoms with Gasteiger partial charge in [0.1, 0.15) is 12.5 Å². The number of ether oxygens (including phenoxy) is 1. The van der Waals surface area contributed by atoms with E-state index in [0.29, 0.717) is 29.3 Å². The monoisotopic (exact) mass is 461 g/mol. The SMILES string of the molecule is C[S+](C)CCOCn1nc(-c2ccc(Br)cc2)nc1N1CCC(F)(F)CC1. The molecule has 1 aliphatic rings. The van der Waals surface area contributed by atoms with E-state index in [9.17, 15) is 8.78 Å². The van der Waals surface area contributed by atoms with Crippen LogP contribution in [0.5, 0.6) is 0 Å². The Balaban J connectivity index is 1.79. The predicted molar refractivity (Wildman–Crippen MR) is 110 cm³/mol. The number of piperidine rings is 1. The van der Waals surface area contributed by atoms with Gasteiger partial charge in [0.2, 0.25) is 5.95 Å². The molecule has 1 aromatic heterocycles. The molecule has 2 heterocycles. The second kappa shape index (κ2) is 8.87. The molecular weight excluding hydrogens is 438 g/mol. The van der Waals surface area contributed by atoms with E-state index in [1.165, 1.54) is 0 Å². The van der Waals surface area contributed by atoms with Crippen molar-refractivity contribution in [2.75, 3.05) is 42.9 Å². The lowest BCUT2D eigenvalue weighted by Gasteiger charge is -2.32. The lowest BCUT2D eigenvalue weighted by atomic mass is 10.1. The first-order valence-corrected chi connectivity index (χ1v) is 11.8. The zero-order valence-corrected chi connectivity index (χ0v) is 17.9. The Hall–Kier alpha value is -1.19. The summed E-state index contributed by atoms with van der Waals surface area (Å²) in [7, 11) is 0.313. The Morgan fingerprint density at radius 1 is 1.19 bits per heavy atom. The van der Waals surface area contributed by atoms with Crippen LogP contribution in [0.3, 0.4) is 0 Å². The molecule has 9 heteroatoms. The highest BCUT2D eigenvalue weighted by Gasteiger charge is 2.35. The number of hydrogen-bond donors (Lipinski definition) is 0. The van der Waals surface area contributed by atoms with E-state index < -0.39 is 5.92 Å². The average molecular weight is 462 g/mol. The Morgan fingerprint density at radius 2 is 1.85 bits per heavy atom. The molecule has 2 aromatic rings. The maximum atomic E-state index is 13.5. The maximum Gasteiger partial charge on any atom is 0.251 e. The Morgan fingerprint density at radius 3 is 2.48 bits per heavy atom. The summed E-state index contributed by atoms with van der Waals surface area (Å²) in [5.74, 6) is -0.441. The molecule has 0 amide bonds. The first kappa shape index (κ1) is 20.5. The fourth-order valence-electron chi connectivity index (χ4n) is 2.79. The van der Waals surface area contributed by atoms with Crippen molar-refractivity contribution in [1.29, 1.82) is 0 Å². The summed E-state index contributed by atoms with van der Waals surface area (Å²) in [5, 5.41) is 4.58. The van der Waals surface area contributed by atoms with Crippen LogP contribution < -0.4 is 4.90 Å². The molecule has 1 aliphatic heterocycles. The zero-order valence-electron chi connectivity index (χ0n) is 15.5. The number of anilines is 1. The summed E-state index contributed by atoms with van der Waals surface area (Å²) in [5.41, 5.74) is 0.879. The Labute approximate surface area is 169 Å². The largest absolute Gasteiger partial charge is 0.354 e. The number of hydrogen-bond acceptors (Lipinski definition) is 4. The molecular formula is C18H24BrF2N4OS+. The number of alkyl halides is 2. The quantitative estimate of drug-likeness (QED) is 0.464. The molecule has 3 rings (SSSR count). The highest BCUT2D eigenvalue weighted by Crippen LogP contribution is 2.31. The number of nitrogens with zero attached hydrogens (tertiary/aromatic N) is 4. The van der Waals surface area contributed by atoms with E-state index in [-0.39, 0.29) is 32.7 Å². The fraction of sp³-hybridized carbons (Fsp3) is 0.556. The van der Waals surface area contributed by atoms with Gasteiger partial charge in [-0.1, -0.05) is 28.1 Å². The minimum atomic E-state index is -2.59. The van der Waals surface area contributed by atoms with Crippen LogP contribution in [0, 0.1) is 0 Å². The van der Waals surface area contributed by atoms with Gasteiger partial charge in [0.15, 0.2) is 5.82 Å². The smallest absolute Gasteiger partial charge is 0.251 e. The molecule has 1 fully saturated rings. The molecule has 148 valence electrons. The van der Waals surface area contributed by atoms with Crippen LogP contribution in [0.15, 0.2) is 28.7 Å². The number of halogens is 3. The highest BCUT2D eigenvalue weighted by molar-refractivity contribution is 9.10. The van der Waals surface area contributed by atoms with Crippen LogP contribution in [0.4, 0.5) is 14.7 Å².